The third-order valence-corrected chi connectivity index (χ3v) is 7.36. The highest BCUT2D eigenvalue weighted by molar-refractivity contribution is 8.00. The van der Waals surface area contributed by atoms with Crippen LogP contribution in [0, 0.1) is 17.8 Å². The van der Waals surface area contributed by atoms with E-state index in [-0.39, 0.29) is 16.7 Å². The second kappa shape index (κ2) is 5.48. The van der Waals surface area contributed by atoms with Crippen LogP contribution in [0.1, 0.15) is 70.1 Å². The van der Waals surface area contributed by atoms with Crippen molar-refractivity contribution in [2.24, 2.45) is 17.8 Å². The molecule has 5 nitrogen and oxygen atoms in total. The molecule has 5 fully saturated rings. The van der Waals surface area contributed by atoms with E-state index in [1.165, 1.54) is 50.3 Å². The highest BCUT2D eigenvalue weighted by atomic mass is 32.2. The van der Waals surface area contributed by atoms with E-state index in [2.05, 4.69) is 15.5 Å². The Labute approximate surface area is 146 Å². The maximum Gasteiger partial charge on any atom is 0.277 e. The Bertz CT molecular complexity index is 619. The van der Waals surface area contributed by atoms with Crippen LogP contribution in [-0.2, 0) is 4.79 Å². The SMILES string of the molecule is C[C@H](Sc1nnc(C2CC2)o1)C(=O)NC12CC3CC(CC(C3)C1)C2. The topological polar surface area (TPSA) is 68.0 Å². The molecule has 0 radical (unpaired) electrons. The maximum atomic E-state index is 12.8. The average Bonchev–Trinajstić information content (AvgIpc) is 3.25. The highest BCUT2D eigenvalue weighted by Gasteiger charge is 2.51. The molecule has 1 aromatic rings. The molecule has 130 valence electrons. The first-order chi connectivity index (χ1) is 11.6. The van der Waals surface area contributed by atoms with Gasteiger partial charge in [0.25, 0.3) is 5.22 Å². The van der Waals surface area contributed by atoms with Crippen LogP contribution in [0.15, 0.2) is 9.64 Å². The van der Waals surface area contributed by atoms with Gasteiger partial charge in [0, 0.05) is 11.5 Å². The molecular formula is C18H25N3O2S. The third kappa shape index (κ3) is 2.76. The Balaban J connectivity index is 1.23. The standard InChI is InChI=1S/C18H25N3O2S/c1-10(24-17-21-20-16(23-17)14-2-3-14)15(22)19-18-7-11-4-12(8-18)6-13(5-11)9-18/h10-14H,2-9H2,1H3,(H,19,22)/t10-,11?,12?,13?,18?/m0/s1. The van der Waals surface area contributed by atoms with Crippen molar-refractivity contribution >= 4 is 17.7 Å². The minimum absolute atomic E-state index is 0.0780. The quantitative estimate of drug-likeness (QED) is 0.826. The van der Waals surface area contributed by atoms with E-state index >= 15 is 0 Å². The van der Waals surface area contributed by atoms with Crippen molar-refractivity contribution in [1.29, 1.82) is 0 Å². The number of nitrogens with one attached hydrogen (secondary N) is 1. The second-order valence-corrected chi connectivity index (χ2v) is 9.92. The number of thioether (sulfide) groups is 1. The van der Waals surface area contributed by atoms with Gasteiger partial charge in [-0.25, -0.2) is 0 Å². The van der Waals surface area contributed by atoms with E-state index in [0.717, 1.165) is 36.5 Å². The molecule has 5 saturated carbocycles. The lowest BCUT2D eigenvalue weighted by Crippen LogP contribution is -2.60. The van der Waals surface area contributed by atoms with Crippen LogP contribution in [0.5, 0.6) is 0 Å². The molecule has 1 atom stereocenters. The van der Waals surface area contributed by atoms with Gasteiger partial charge in [-0.05, 0) is 76.0 Å². The zero-order valence-corrected chi connectivity index (χ0v) is 15.0. The van der Waals surface area contributed by atoms with Crippen molar-refractivity contribution in [3.63, 3.8) is 0 Å². The number of hydrogen-bond donors (Lipinski definition) is 1. The van der Waals surface area contributed by atoms with Gasteiger partial charge in [0.1, 0.15) is 0 Å². The summed E-state index contributed by atoms with van der Waals surface area (Å²) in [5.41, 5.74) is 0.0780. The average molecular weight is 347 g/mol. The molecule has 0 saturated heterocycles. The van der Waals surface area contributed by atoms with E-state index < -0.39 is 0 Å². The summed E-state index contributed by atoms with van der Waals surface area (Å²) in [5.74, 6) is 3.87. The lowest BCUT2D eigenvalue weighted by atomic mass is 9.53. The number of carbonyl (C=O) groups is 1. The van der Waals surface area contributed by atoms with Crippen LogP contribution in [0.3, 0.4) is 0 Å². The lowest BCUT2D eigenvalue weighted by molar-refractivity contribution is -0.126. The van der Waals surface area contributed by atoms with Gasteiger partial charge in [-0.15, -0.1) is 10.2 Å². The van der Waals surface area contributed by atoms with Crippen molar-refractivity contribution < 1.29 is 9.21 Å². The molecule has 1 N–H and O–H groups in total. The van der Waals surface area contributed by atoms with Crippen LogP contribution in [-0.4, -0.2) is 26.9 Å². The molecule has 1 amide bonds. The molecule has 24 heavy (non-hydrogen) atoms. The minimum atomic E-state index is -0.189. The predicted molar refractivity (Wildman–Crippen MR) is 90.6 cm³/mol. The number of amides is 1. The Hall–Kier alpha value is -1.04. The maximum absolute atomic E-state index is 12.8. The summed E-state index contributed by atoms with van der Waals surface area (Å²) in [6, 6.07) is 0. The van der Waals surface area contributed by atoms with Crippen LogP contribution >= 0.6 is 11.8 Å². The van der Waals surface area contributed by atoms with Gasteiger partial charge in [0.2, 0.25) is 11.8 Å². The summed E-state index contributed by atoms with van der Waals surface area (Å²) in [4.78, 5) is 12.8. The van der Waals surface area contributed by atoms with Gasteiger partial charge in [0.15, 0.2) is 0 Å². The first-order valence-electron chi connectivity index (χ1n) is 9.41. The molecule has 1 heterocycles. The van der Waals surface area contributed by atoms with Gasteiger partial charge in [0.05, 0.1) is 5.25 Å². The number of carbonyl (C=O) groups excluding carboxylic acids is 1. The number of aromatic nitrogens is 2. The Morgan fingerprint density at radius 2 is 1.79 bits per heavy atom. The van der Waals surface area contributed by atoms with Crippen LogP contribution in [0.25, 0.3) is 0 Å². The van der Waals surface area contributed by atoms with Gasteiger partial charge in [-0.2, -0.15) is 0 Å². The van der Waals surface area contributed by atoms with E-state index in [1.807, 2.05) is 6.92 Å². The summed E-state index contributed by atoms with van der Waals surface area (Å²) < 4.78 is 5.68. The van der Waals surface area contributed by atoms with Crippen molar-refractivity contribution in [3.05, 3.63) is 5.89 Å². The summed E-state index contributed by atoms with van der Waals surface area (Å²) in [5, 5.41) is 12.0. The lowest BCUT2D eigenvalue weighted by Gasteiger charge is -2.57. The molecule has 6 rings (SSSR count). The number of rotatable bonds is 5. The van der Waals surface area contributed by atoms with E-state index in [1.54, 1.807) is 0 Å². The van der Waals surface area contributed by atoms with Gasteiger partial charge >= 0.3 is 0 Å². The number of hydrogen-bond acceptors (Lipinski definition) is 5. The van der Waals surface area contributed by atoms with Crippen LogP contribution in [0.4, 0.5) is 0 Å². The fourth-order valence-corrected chi connectivity index (χ4v) is 6.28. The Kier molecular flexibility index (Phi) is 3.48. The molecule has 1 aromatic heterocycles. The number of nitrogens with zero attached hydrogens (tertiary/aromatic N) is 2. The van der Waals surface area contributed by atoms with E-state index in [0.29, 0.717) is 11.1 Å². The molecule has 5 aliphatic rings. The smallest absolute Gasteiger partial charge is 0.277 e. The highest BCUT2D eigenvalue weighted by Crippen LogP contribution is 2.55. The van der Waals surface area contributed by atoms with Crippen molar-refractivity contribution in [2.45, 2.75) is 80.2 Å². The molecule has 0 spiro atoms. The monoisotopic (exact) mass is 347 g/mol. The summed E-state index contributed by atoms with van der Waals surface area (Å²) >= 11 is 1.39. The van der Waals surface area contributed by atoms with Gasteiger partial charge in [-0.3, -0.25) is 4.79 Å². The Morgan fingerprint density at radius 3 is 2.38 bits per heavy atom. The largest absolute Gasteiger partial charge is 0.416 e. The molecular weight excluding hydrogens is 322 g/mol. The van der Waals surface area contributed by atoms with Crippen molar-refractivity contribution in [1.82, 2.24) is 15.5 Å². The summed E-state index contributed by atoms with van der Waals surface area (Å²) in [6.45, 7) is 1.95. The molecule has 5 aliphatic carbocycles. The zero-order chi connectivity index (χ0) is 16.3. The second-order valence-electron chi connectivity index (χ2n) is 8.63. The first-order valence-corrected chi connectivity index (χ1v) is 10.3. The zero-order valence-electron chi connectivity index (χ0n) is 14.2. The summed E-state index contributed by atoms with van der Waals surface area (Å²) in [7, 11) is 0. The molecule has 0 unspecified atom stereocenters. The third-order valence-electron chi connectivity index (χ3n) is 6.42. The van der Waals surface area contributed by atoms with Crippen LogP contribution < -0.4 is 5.32 Å². The fraction of sp³-hybridized carbons (Fsp3) is 0.833. The molecule has 6 heteroatoms. The predicted octanol–water partition coefficient (Wildman–Crippen LogP) is 3.51. The normalized spacial score (nSPS) is 38.3. The van der Waals surface area contributed by atoms with Crippen molar-refractivity contribution in [2.75, 3.05) is 0 Å². The Morgan fingerprint density at radius 1 is 1.17 bits per heavy atom. The van der Waals surface area contributed by atoms with Crippen LogP contribution in [0.2, 0.25) is 0 Å². The van der Waals surface area contributed by atoms with E-state index in [9.17, 15) is 4.79 Å². The summed E-state index contributed by atoms with van der Waals surface area (Å²) in [6.07, 6.45) is 10.0. The molecule has 4 bridgehead atoms. The van der Waals surface area contributed by atoms with Gasteiger partial charge in [-0.1, -0.05) is 11.8 Å². The van der Waals surface area contributed by atoms with Gasteiger partial charge < -0.3 is 9.73 Å². The minimum Gasteiger partial charge on any atom is -0.416 e. The first kappa shape index (κ1) is 15.2. The molecule has 0 aliphatic heterocycles. The fourth-order valence-electron chi connectivity index (χ4n) is 5.59. The van der Waals surface area contributed by atoms with Crippen molar-refractivity contribution in [3.8, 4) is 0 Å². The molecule has 0 aromatic carbocycles. The van der Waals surface area contributed by atoms with E-state index in [4.69, 9.17) is 4.42 Å².